The van der Waals surface area contributed by atoms with E-state index in [-0.39, 0.29) is 0 Å². The van der Waals surface area contributed by atoms with Gasteiger partial charge in [-0.2, -0.15) is 5.26 Å². The molecule has 0 unspecified atom stereocenters. The van der Waals surface area contributed by atoms with Crippen LogP contribution in [0.25, 0.3) is 0 Å². The summed E-state index contributed by atoms with van der Waals surface area (Å²) in [5.41, 5.74) is 1.78. The first-order chi connectivity index (χ1) is 12.3. The number of piperazine rings is 1. The summed E-state index contributed by atoms with van der Waals surface area (Å²) in [6.45, 7) is 2.98. The van der Waals surface area contributed by atoms with Crippen LogP contribution in [0.5, 0.6) is 0 Å². The van der Waals surface area contributed by atoms with Crippen molar-refractivity contribution in [1.82, 2.24) is 14.9 Å². The number of aromatic nitrogens is 2. The number of benzene rings is 1. The third-order valence-electron chi connectivity index (χ3n) is 5.45. The maximum Gasteiger partial charge on any atom is 0.161 e. The Kier molecular flexibility index (Phi) is 4.62. The average molecular weight is 333 g/mol. The zero-order valence-corrected chi connectivity index (χ0v) is 14.4. The first kappa shape index (κ1) is 16.0. The smallest absolute Gasteiger partial charge is 0.161 e. The third-order valence-corrected chi connectivity index (χ3v) is 5.45. The van der Waals surface area contributed by atoms with Gasteiger partial charge in [0.25, 0.3) is 0 Å². The minimum absolute atomic E-state index is 0.400. The van der Waals surface area contributed by atoms with Crippen LogP contribution in [-0.2, 0) is 6.54 Å². The van der Waals surface area contributed by atoms with Gasteiger partial charge in [0.1, 0.15) is 11.9 Å². The molecule has 2 aromatic rings. The van der Waals surface area contributed by atoms with Crippen molar-refractivity contribution in [2.24, 2.45) is 0 Å². The molecular weight excluding hydrogens is 310 g/mol. The van der Waals surface area contributed by atoms with Crippen LogP contribution in [0.1, 0.15) is 36.9 Å². The van der Waals surface area contributed by atoms with E-state index in [1.165, 1.54) is 37.4 Å². The molecule has 5 nitrogen and oxygen atoms in total. The van der Waals surface area contributed by atoms with Crippen LogP contribution in [0.4, 0.5) is 5.82 Å². The average Bonchev–Trinajstić information content (AvgIpc) is 2.69. The van der Waals surface area contributed by atoms with Crippen molar-refractivity contribution in [2.45, 2.75) is 44.3 Å². The molecule has 0 spiro atoms. The first-order valence-electron chi connectivity index (χ1n) is 9.12. The lowest BCUT2D eigenvalue weighted by molar-refractivity contribution is 0.0998. The Hall–Kier alpha value is -2.45. The normalized spacial score (nSPS) is 23.7. The predicted molar refractivity (Wildman–Crippen MR) is 97.0 cm³/mol. The van der Waals surface area contributed by atoms with Crippen LogP contribution in [0.2, 0.25) is 0 Å². The van der Waals surface area contributed by atoms with Gasteiger partial charge in [0.2, 0.25) is 0 Å². The molecule has 5 heteroatoms. The zero-order chi connectivity index (χ0) is 17.1. The van der Waals surface area contributed by atoms with Crippen molar-refractivity contribution in [3.05, 3.63) is 54.0 Å². The van der Waals surface area contributed by atoms with Crippen molar-refractivity contribution in [3.63, 3.8) is 0 Å². The molecule has 1 aromatic heterocycles. The number of nitrogens with zero attached hydrogens (tertiary/aromatic N) is 5. The summed E-state index contributed by atoms with van der Waals surface area (Å²) in [6, 6.07) is 13.9. The van der Waals surface area contributed by atoms with E-state index < -0.39 is 0 Å². The molecule has 1 aliphatic heterocycles. The number of fused-ring (bicyclic) bond motifs is 1. The van der Waals surface area contributed by atoms with Gasteiger partial charge in [-0.15, -0.1) is 0 Å². The fourth-order valence-corrected chi connectivity index (χ4v) is 4.30. The van der Waals surface area contributed by atoms with Crippen molar-refractivity contribution in [3.8, 4) is 6.07 Å². The standard InChI is InChI=1S/C20H23N5/c21-12-17-13-22-14-20(23-17)25-11-10-24(15-16-6-2-1-3-7-16)18-8-4-5-9-19(18)25/h1-3,6-7,13-14,18-19H,4-5,8-11,15H2/t18-,19+/m1/s1. The van der Waals surface area contributed by atoms with Crippen LogP contribution < -0.4 is 4.90 Å². The first-order valence-corrected chi connectivity index (χ1v) is 9.12. The number of nitriles is 1. The Balaban J connectivity index is 1.56. The summed E-state index contributed by atoms with van der Waals surface area (Å²) < 4.78 is 0. The summed E-state index contributed by atoms with van der Waals surface area (Å²) in [4.78, 5) is 13.7. The number of rotatable bonds is 3. The SMILES string of the molecule is N#Cc1cncc(N2CCN(Cc3ccccc3)[C@@H]3CCCC[C@@H]32)n1. The maximum atomic E-state index is 9.12. The van der Waals surface area contributed by atoms with Crippen LogP contribution in [0, 0.1) is 11.3 Å². The van der Waals surface area contributed by atoms with E-state index >= 15 is 0 Å². The van der Waals surface area contributed by atoms with E-state index in [2.05, 4.69) is 56.2 Å². The van der Waals surface area contributed by atoms with Gasteiger partial charge >= 0.3 is 0 Å². The molecule has 25 heavy (non-hydrogen) atoms. The fraction of sp³-hybridized carbons (Fsp3) is 0.450. The lowest BCUT2D eigenvalue weighted by Crippen LogP contribution is -2.60. The molecule has 2 aliphatic rings. The second-order valence-electron chi connectivity index (χ2n) is 6.94. The molecule has 0 amide bonds. The topological polar surface area (TPSA) is 56.1 Å². The Morgan fingerprint density at radius 2 is 1.84 bits per heavy atom. The lowest BCUT2D eigenvalue weighted by atomic mass is 9.86. The Morgan fingerprint density at radius 1 is 1.04 bits per heavy atom. The highest BCUT2D eigenvalue weighted by Crippen LogP contribution is 2.33. The predicted octanol–water partition coefficient (Wildman–Crippen LogP) is 2.98. The van der Waals surface area contributed by atoms with E-state index in [0.29, 0.717) is 17.8 Å². The molecule has 2 atom stereocenters. The van der Waals surface area contributed by atoms with Crippen molar-refractivity contribution < 1.29 is 0 Å². The van der Waals surface area contributed by atoms with Crippen LogP contribution >= 0.6 is 0 Å². The second-order valence-corrected chi connectivity index (χ2v) is 6.94. The third kappa shape index (κ3) is 3.35. The molecule has 4 rings (SSSR count). The van der Waals surface area contributed by atoms with Gasteiger partial charge in [-0.3, -0.25) is 9.88 Å². The fourth-order valence-electron chi connectivity index (χ4n) is 4.30. The Bertz CT molecular complexity index is 754. The van der Waals surface area contributed by atoms with Crippen molar-refractivity contribution >= 4 is 5.82 Å². The van der Waals surface area contributed by atoms with Crippen molar-refractivity contribution in [2.75, 3.05) is 18.0 Å². The molecule has 0 N–H and O–H groups in total. The van der Waals surface area contributed by atoms with Gasteiger partial charge in [-0.1, -0.05) is 43.2 Å². The summed E-state index contributed by atoms with van der Waals surface area (Å²) in [6.07, 6.45) is 8.33. The minimum Gasteiger partial charge on any atom is -0.349 e. The molecule has 0 radical (unpaired) electrons. The van der Waals surface area contributed by atoms with E-state index in [1.807, 2.05) is 0 Å². The Morgan fingerprint density at radius 3 is 2.64 bits per heavy atom. The quantitative estimate of drug-likeness (QED) is 0.864. The molecule has 1 aliphatic carbocycles. The van der Waals surface area contributed by atoms with Gasteiger partial charge in [0.15, 0.2) is 5.69 Å². The van der Waals surface area contributed by atoms with Crippen molar-refractivity contribution in [1.29, 1.82) is 5.26 Å². The molecule has 128 valence electrons. The number of hydrogen-bond acceptors (Lipinski definition) is 5. The van der Waals surface area contributed by atoms with Crippen LogP contribution in [-0.4, -0.2) is 40.0 Å². The summed E-state index contributed by atoms with van der Waals surface area (Å²) >= 11 is 0. The van der Waals surface area contributed by atoms with E-state index in [4.69, 9.17) is 5.26 Å². The lowest BCUT2D eigenvalue weighted by Gasteiger charge is -2.50. The second kappa shape index (κ2) is 7.20. The highest BCUT2D eigenvalue weighted by molar-refractivity contribution is 5.41. The van der Waals surface area contributed by atoms with Crippen LogP contribution in [0.15, 0.2) is 42.7 Å². The van der Waals surface area contributed by atoms with E-state index in [9.17, 15) is 0 Å². The zero-order valence-electron chi connectivity index (χ0n) is 14.4. The van der Waals surface area contributed by atoms with Crippen LogP contribution in [0.3, 0.4) is 0 Å². The van der Waals surface area contributed by atoms with E-state index in [1.54, 1.807) is 6.20 Å². The molecule has 0 bridgehead atoms. The number of hydrogen-bond donors (Lipinski definition) is 0. The maximum absolute atomic E-state index is 9.12. The largest absolute Gasteiger partial charge is 0.349 e. The summed E-state index contributed by atoms with van der Waals surface area (Å²) in [5, 5.41) is 9.12. The molecular formula is C20H23N5. The molecule has 1 aromatic carbocycles. The monoisotopic (exact) mass is 333 g/mol. The molecule has 2 fully saturated rings. The van der Waals surface area contributed by atoms with Gasteiger partial charge in [0.05, 0.1) is 12.4 Å². The highest BCUT2D eigenvalue weighted by atomic mass is 15.3. The Labute approximate surface area is 148 Å². The molecule has 2 heterocycles. The minimum atomic E-state index is 0.400. The molecule has 1 saturated carbocycles. The molecule has 1 saturated heterocycles. The summed E-state index contributed by atoms with van der Waals surface area (Å²) in [5.74, 6) is 0.857. The van der Waals surface area contributed by atoms with Gasteiger partial charge in [-0.25, -0.2) is 4.98 Å². The van der Waals surface area contributed by atoms with Gasteiger partial charge in [0, 0.05) is 31.7 Å². The summed E-state index contributed by atoms with van der Waals surface area (Å²) in [7, 11) is 0. The number of anilines is 1. The van der Waals surface area contributed by atoms with Gasteiger partial charge < -0.3 is 4.90 Å². The highest BCUT2D eigenvalue weighted by Gasteiger charge is 2.38. The van der Waals surface area contributed by atoms with E-state index in [0.717, 1.165) is 25.5 Å². The van der Waals surface area contributed by atoms with Gasteiger partial charge in [-0.05, 0) is 18.4 Å².